The van der Waals surface area contributed by atoms with E-state index in [4.69, 9.17) is 4.74 Å². The molecule has 0 aromatic heterocycles. The minimum atomic E-state index is -3.33. The molecule has 2 atom stereocenters. The average Bonchev–Trinajstić information content (AvgIpc) is 3.27. The Labute approximate surface area is 177 Å². The van der Waals surface area contributed by atoms with Crippen LogP contribution < -0.4 is 4.74 Å². The molecule has 0 bridgehead atoms. The molecule has 2 amide bonds. The lowest BCUT2D eigenvalue weighted by Crippen LogP contribution is -2.58. The molecular formula is C21H29N3O5S. The molecule has 4 rings (SSSR count). The zero-order chi connectivity index (χ0) is 21.7. The standard InChI is InChI=1S/C21H29N3O5S/c1-4-24-20(26)17-13-23(30(3,27)28)14-18(17)21(24)8-10-22(11-9-21)19(25)15-6-5-7-16(12-15)29-2/h5-7,12,17-18H,4,8-11,13-14H2,1-3H3/t17-,18+/m1/s1. The van der Waals surface area contributed by atoms with Crippen molar-refractivity contribution in [2.45, 2.75) is 25.3 Å². The Hall–Kier alpha value is -2.13. The molecule has 3 saturated heterocycles. The number of hydrogen-bond acceptors (Lipinski definition) is 5. The van der Waals surface area contributed by atoms with Gasteiger partial charge in [-0.15, -0.1) is 0 Å². The average molecular weight is 436 g/mol. The molecule has 1 spiro atoms. The van der Waals surface area contributed by atoms with E-state index in [0.717, 1.165) is 0 Å². The van der Waals surface area contributed by atoms with Crippen LogP contribution in [0.2, 0.25) is 0 Å². The molecule has 0 aliphatic carbocycles. The topological polar surface area (TPSA) is 87.2 Å². The molecule has 1 aromatic carbocycles. The molecule has 3 aliphatic rings. The van der Waals surface area contributed by atoms with Crippen molar-refractivity contribution in [1.29, 1.82) is 0 Å². The maximum atomic E-state index is 13.1. The molecule has 0 saturated carbocycles. The van der Waals surface area contributed by atoms with Crippen LogP contribution in [0, 0.1) is 11.8 Å². The van der Waals surface area contributed by atoms with E-state index < -0.39 is 10.0 Å². The molecule has 164 valence electrons. The van der Waals surface area contributed by atoms with Crippen molar-refractivity contribution in [1.82, 2.24) is 14.1 Å². The summed E-state index contributed by atoms with van der Waals surface area (Å²) in [4.78, 5) is 29.9. The van der Waals surface area contributed by atoms with E-state index in [1.54, 1.807) is 31.4 Å². The molecule has 0 unspecified atom stereocenters. The summed E-state index contributed by atoms with van der Waals surface area (Å²) in [6.45, 7) is 4.32. The maximum Gasteiger partial charge on any atom is 0.253 e. The summed E-state index contributed by atoms with van der Waals surface area (Å²) >= 11 is 0. The smallest absolute Gasteiger partial charge is 0.253 e. The van der Waals surface area contributed by atoms with E-state index in [9.17, 15) is 18.0 Å². The highest BCUT2D eigenvalue weighted by atomic mass is 32.2. The number of nitrogens with zero attached hydrogens (tertiary/aromatic N) is 3. The second-order valence-corrected chi connectivity index (χ2v) is 10.5. The number of amides is 2. The number of hydrogen-bond donors (Lipinski definition) is 0. The summed E-state index contributed by atoms with van der Waals surface area (Å²) in [5, 5.41) is 0. The number of benzene rings is 1. The fourth-order valence-electron chi connectivity index (χ4n) is 5.60. The van der Waals surface area contributed by atoms with Gasteiger partial charge in [0.05, 0.1) is 24.8 Å². The minimum absolute atomic E-state index is 0.0197. The van der Waals surface area contributed by atoms with Crippen molar-refractivity contribution in [2.75, 3.05) is 46.1 Å². The van der Waals surface area contributed by atoms with Crippen LogP contribution >= 0.6 is 0 Å². The van der Waals surface area contributed by atoms with E-state index in [-0.39, 0.29) is 35.7 Å². The van der Waals surface area contributed by atoms with Crippen LogP contribution in [0.15, 0.2) is 24.3 Å². The zero-order valence-electron chi connectivity index (χ0n) is 17.7. The highest BCUT2D eigenvalue weighted by molar-refractivity contribution is 7.88. The summed E-state index contributed by atoms with van der Waals surface area (Å²) in [5.74, 6) is 0.356. The van der Waals surface area contributed by atoms with E-state index in [1.807, 2.05) is 16.7 Å². The summed E-state index contributed by atoms with van der Waals surface area (Å²) in [5.41, 5.74) is 0.211. The van der Waals surface area contributed by atoms with Crippen LogP contribution in [0.1, 0.15) is 30.1 Å². The van der Waals surface area contributed by atoms with E-state index in [2.05, 4.69) is 0 Å². The number of fused-ring (bicyclic) bond motifs is 2. The Morgan fingerprint density at radius 3 is 2.53 bits per heavy atom. The van der Waals surface area contributed by atoms with Gasteiger partial charge in [0.15, 0.2) is 0 Å². The predicted molar refractivity (Wildman–Crippen MR) is 112 cm³/mol. The SMILES string of the molecule is CCN1C(=O)[C@@H]2CN(S(C)(=O)=O)C[C@@H]2C12CCN(C(=O)c1cccc(OC)c1)CC2. The zero-order valence-corrected chi connectivity index (χ0v) is 18.5. The number of methoxy groups -OCH3 is 1. The van der Waals surface area contributed by atoms with Gasteiger partial charge >= 0.3 is 0 Å². The minimum Gasteiger partial charge on any atom is -0.497 e. The molecule has 3 aliphatic heterocycles. The lowest BCUT2D eigenvalue weighted by Gasteiger charge is -2.47. The van der Waals surface area contributed by atoms with Crippen LogP contribution in [0.5, 0.6) is 5.75 Å². The van der Waals surface area contributed by atoms with Crippen molar-refractivity contribution in [3.05, 3.63) is 29.8 Å². The molecule has 30 heavy (non-hydrogen) atoms. The summed E-state index contributed by atoms with van der Waals surface area (Å²) in [7, 11) is -1.76. The number of rotatable bonds is 4. The van der Waals surface area contributed by atoms with Crippen molar-refractivity contribution in [2.24, 2.45) is 11.8 Å². The third kappa shape index (κ3) is 3.28. The summed E-state index contributed by atoms with van der Waals surface area (Å²) < 4.78 is 30.8. The van der Waals surface area contributed by atoms with Gasteiger partial charge in [-0.2, -0.15) is 0 Å². The maximum absolute atomic E-state index is 13.1. The first-order valence-corrected chi connectivity index (χ1v) is 12.3. The van der Waals surface area contributed by atoms with Crippen molar-refractivity contribution >= 4 is 21.8 Å². The Bertz CT molecular complexity index is 955. The van der Waals surface area contributed by atoms with E-state index in [1.165, 1.54) is 10.6 Å². The Morgan fingerprint density at radius 1 is 1.23 bits per heavy atom. The fourth-order valence-corrected chi connectivity index (χ4v) is 6.46. The van der Waals surface area contributed by atoms with Crippen LogP contribution in [-0.2, 0) is 14.8 Å². The van der Waals surface area contributed by atoms with E-state index >= 15 is 0 Å². The van der Waals surface area contributed by atoms with Gasteiger partial charge in [-0.3, -0.25) is 9.59 Å². The monoisotopic (exact) mass is 435 g/mol. The quantitative estimate of drug-likeness (QED) is 0.705. The number of piperidine rings is 1. The highest BCUT2D eigenvalue weighted by Gasteiger charge is 2.62. The highest BCUT2D eigenvalue weighted by Crippen LogP contribution is 2.50. The van der Waals surface area contributed by atoms with E-state index in [0.29, 0.717) is 50.3 Å². The third-order valence-electron chi connectivity index (χ3n) is 7.12. The third-order valence-corrected chi connectivity index (χ3v) is 8.35. The normalized spacial score (nSPS) is 26.3. The lowest BCUT2D eigenvalue weighted by atomic mass is 9.75. The summed E-state index contributed by atoms with van der Waals surface area (Å²) in [6.07, 6.45) is 2.54. The molecule has 8 nitrogen and oxygen atoms in total. The Morgan fingerprint density at radius 2 is 1.93 bits per heavy atom. The number of sulfonamides is 1. The van der Waals surface area contributed by atoms with Crippen LogP contribution in [0.4, 0.5) is 0 Å². The van der Waals surface area contributed by atoms with Gasteiger partial charge in [-0.05, 0) is 38.0 Å². The predicted octanol–water partition coefficient (Wildman–Crippen LogP) is 1.04. The van der Waals surface area contributed by atoms with Gasteiger partial charge in [-0.1, -0.05) is 6.07 Å². The largest absolute Gasteiger partial charge is 0.497 e. The second-order valence-electron chi connectivity index (χ2n) is 8.50. The molecule has 3 heterocycles. The first kappa shape index (κ1) is 21.1. The Balaban J connectivity index is 1.54. The second kappa shape index (κ2) is 7.53. The van der Waals surface area contributed by atoms with Crippen molar-refractivity contribution < 1.29 is 22.7 Å². The summed E-state index contributed by atoms with van der Waals surface area (Å²) in [6, 6.07) is 7.12. The van der Waals surface area contributed by atoms with Crippen molar-refractivity contribution in [3.8, 4) is 5.75 Å². The van der Waals surface area contributed by atoms with Gasteiger partial charge in [0.1, 0.15) is 5.75 Å². The lowest BCUT2D eigenvalue weighted by molar-refractivity contribution is -0.134. The van der Waals surface area contributed by atoms with Gasteiger partial charge < -0.3 is 14.5 Å². The molecule has 0 radical (unpaired) electrons. The molecular weight excluding hydrogens is 406 g/mol. The number of carbonyl (C=O) groups is 2. The Kier molecular flexibility index (Phi) is 5.30. The molecule has 1 aromatic rings. The first-order chi connectivity index (χ1) is 14.2. The van der Waals surface area contributed by atoms with Crippen LogP contribution in [0.3, 0.4) is 0 Å². The molecule has 9 heteroatoms. The molecule has 3 fully saturated rings. The van der Waals surface area contributed by atoms with Crippen LogP contribution in [-0.4, -0.2) is 86.0 Å². The van der Waals surface area contributed by atoms with Crippen LogP contribution in [0.25, 0.3) is 0 Å². The first-order valence-electron chi connectivity index (χ1n) is 10.4. The fraction of sp³-hybridized carbons (Fsp3) is 0.619. The number of ether oxygens (including phenoxy) is 1. The van der Waals surface area contributed by atoms with Gasteiger partial charge in [0.25, 0.3) is 5.91 Å². The van der Waals surface area contributed by atoms with Gasteiger partial charge in [0.2, 0.25) is 15.9 Å². The van der Waals surface area contributed by atoms with Gasteiger partial charge in [-0.25, -0.2) is 12.7 Å². The number of likely N-dealkylation sites (tertiary alicyclic amines) is 2. The van der Waals surface area contributed by atoms with Crippen molar-refractivity contribution in [3.63, 3.8) is 0 Å². The number of carbonyl (C=O) groups excluding carboxylic acids is 2. The molecule has 0 N–H and O–H groups in total. The van der Waals surface area contributed by atoms with Gasteiger partial charge in [0, 0.05) is 44.2 Å².